The molecule has 0 spiro atoms. The molecule has 1 aromatic carbocycles. The van der Waals surface area contributed by atoms with E-state index in [2.05, 4.69) is 10.2 Å². The van der Waals surface area contributed by atoms with Crippen molar-refractivity contribution in [1.29, 1.82) is 0 Å². The van der Waals surface area contributed by atoms with Crippen LogP contribution >= 0.6 is 0 Å². The summed E-state index contributed by atoms with van der Waals surface area (Å²) in [5, 5.41) is 7.88. The Labute approximate surface area is 99.6 Å². The highest BCUT2D eigenvalue weighted by molar-refractivity contribution is 5.97. The number of fused-ring (bicyclic) bond motifs is 1. The zero-order valence-corrected chi connectivity index (χ0v) is 9.81. The molecular weight excluding hydrogens is 214 g/mol. The second-order valence-corrected chi connectivity index (χ2v) is 4.67. The Morgan fingerprint density at radius 3 is 3.00 bits per heavy atom. The van der Waals surface area contributed by atoms with Crippen LogP contribution in [0.2, 0.25) is 0 Å². The third-order valence-corrected chi connectivity index (χ3v) is 3.63. The number of aromatic amines is 1. The Morgan fingerprint density at radius 2 is 2.29 bits per heavy atom. The molecule has 1 aliphatic rings. The smallest absolute Gasteiger partial charge is 0.253 e. The van der Waals surface area contributed by atoms with Gasteiger partial charge in [-0.25, -0.2) is 0 Å². The molecular formula is C13H15N3O. The quantitative estimate of drug-likeness (QED) is 0.858. The lowest BCUT2D eigenvalue weighted by Crippen LogP contribution is -2.41. The van der Waals surface area contributed by atoms with Crippen LogP contribution in [0.15, 0.2) is 24.4 Å². The second-order valence-electron chi connectivity index (χ2n) is 4.67. The summed E-state index contributed by atoms with van der Waals surface area (Å²) in [5.74, 6) is 0.103. The van der Waals surface area contributed by atoms with Gasteiger partial charge in [0.1, 0.15) is 0 Å². The van der Waals surface area contributed by atoms with Gasteiger partial charge in [-0.1, -0.05) is 6.07 Å². The Balaban J connectivity index is 1.88. The van der Waals surface area contributed by atoms with Crippen molar-refractivity contribution < 1.29 is 4.79 Å². The molecule has 4 nitrogen and oxygen atoms in total. The van der Waals surface area contributed by atoms with Gasteiger partial charge >= 0.3 is 0 Å². The van der Waals surface area contributed by atoms with Crippen molar-refractivity contribution in [1.82, 2.24) is 15.1 Å². The van der Waals surface area contributed by atoms with E-state index in [4.69, 9.17) is 0 Å². The number of aromatic nitrogens is 2. The highest BCUT2D eigenvalue weighted by Crippen LogP contribution is 2.25. The fourth-order valence-electron chi connectivity index (χ4n) is 2.21. The van der Waals surface area contributed by atoms with E-state index in [1.54, 1.807) is 6.20 Å². The zero-order valence-electron chi connectivity index (χ0n) is 9.81. The molecule has 1 aromatic heterocycles. The Hall–Kier alpha value is -1.84. The summed E-state index contributed by atoms with van der Waals surface area (Å²) in [6.07, 6.45) is 5.27. The number of H-pyrrole nitrogens is 1. The molecule has 0 bridgehead atoms. The van der Waals surface area contributed by atoms with Gasteiger partial charge in [-0.05, 0) is 31.4 Å². The number of hydrogen-bond donors (Lipinski definition) is 1. The number of carbonyl (C=O) groups excluding carboxylic acids is 1. The molecule has 0 unspecified atom stereocenters. The van der Waals surface area contributed by atoms with E-state index in [0.29, 0.717) is 6.04 Å². The van der Waals surface area contributed by atoms with Gasteiger partial charge in [0.2, 0.25) is 0 Å². The molecule has 1 aliphatic carbocycles. The van der Waals surface area contributed by atoms with Gasteiger partial charge in [-0.3, -0.25) is 9.89 Å². The normalized spacial score (nSPS) is 15.8. The van der Waals surface area contributed by atoms with Crippen LogP contribution in [0.25, 0.3) is 10.9 Å². The number of rotatable bonds is 2. The first-order chi connectivity index (χ1) is 8.25. The summed E-state index contributed by atoms with van der Waals surface area (Å²) < 4.78 is 0. The zero-order chi connectivity index (χ0) is 11.8. The molecule has 0 radical (unpaired) electrons. The molecule has 1 heterocycles. The highest BCUT2D eigenvalue weighted by atomic mass is 16.2. The SMILES string of the molecule is CN(C(=O)c1ccc2cn[nH]c2c1)C1CCC1. The van der Waals surface area contributed by atoms with E-state index in [1.165, 1.54) is 6.42 Å². The van der Waals surface area contributed by atoms with Crippen LogP contribution in [0.4, 0.5) is 0 Å². The Bertz CT molecular complexity index is 557. The summed E-state index contributed by atoms with van der Waals surface area (Å²) in [7, 11) is 1.89. The van der Waals surface area contributed by atoms with Gasteiger partial charge in [-0.15, -0.1) is 0 Å². The maximum absolute atomic E-state index is 12.2. The van der Waals surface area contributed by atoms with Crippen LogP contribution in [0.3, 0.4) is 0 Å². The number of nitrogens with zero attached hydrogens (tertiary/aromatic N) is 2. The maximum atomic E-state index is 12.2. The minimum atomic E-state index is 0.103. The first kappa shape index (κ1) is 10.3. The summed E-state index contributed by atoms with van der Waals surface area (Å²) in [6.45, 7) is 0. The molecule has 0 saturated heterocycles. The summed E-state index contributed by atoms with van der Waals surface area (Å²) in [6, 6.07) is 6.11. The van der Waals surface area contributed by atoms with Crippen molar-refractivity contribution in [2.75, 3.05) is 7.05 Å². The lowest BCUT2D eigenvalue weighted by Gasteiger charge is -2.34. The third kappa shape index (κ3) is 1.69. The fourth-order valence-corrected chi connectivity index (χ4v) is 2.21. The summed E-state index contributed by atoms with van der Waals surface area (Å²) >= 11 is 0. The van der Waals surface area contributed by atoms with Crippen molar-refractivity contribution in [3.63, 3.8) is 0 Å². The first-order valence-electron chi connectivity index (χ1n) is 5.96. The molecule has 88 valence electrons. The minimum absolute atomic E-state index is 0.103. The molecule has 4 heteroatoms. The van der Waals surface area contributed by atoms with Crippen molar-refractivity contribution in [3.05, 3.63) is 30.0 Å². The van der Waals surface area contributed by atoms with Gasteiger partial charge in [0.25, 0.3) is 5.91 Å². The molecule has 2 aromatic rings. The van der Waals surface area contributed by atoms with Crippen LogP contribution in [-0.2, 0) is 0 Å². The standard InChI is InChI=1S/C13H15N3O/c1-16(11-3-2-4-11)13(17)9-5-6-10-8-14-15-12(10)7-9/h5-8,11H,2-4H2,1H3,(H,14,15). The Morgan fingerprint density at radius 1 is 1.47 bits per heavy atom. The maximum Gasteiger partial charge on any atom is 0.253 e. The van der Waals surface area contributed by atoms with Crippen molar-refractivity contribution in [3.8, 4) is 0 Å². The van der Waals surface area contributed by atoms with Gasteiger partial charge in [0.15, 0.2) is 0 Å². The number of benzene rings is 1. The predicted octanol–water partition coefficient (Wildman–Crippen LogP) is 2.19. The number of carbonyl (C=O) groups is 1. The van der Waals surface area contributed by atoms with E-state index in [-0.39, 0.29) is 5.91 Å². The van der Waals surface area contributed by atoms with E-state index in [9.17, 15) is 4.79 Å². The number of hydrogen-bond acceptors (Lipinski definition) is 2. The van der Waals surface area contributed by atoms with E-state index in [1.807, 2.05) is 30.1 Å². The number of nitrogens with one attached hydrogen (secondary N) is 1. The van der Waals surface area contributed by atoms with Crippen LogP contribution < -0.4 is 0 Å². The molecule has 17 heavy (non-hydrogen) atoms. The molecule has 1 N–H and O–H groups in total. The van der Waals surface area contributed by atoms with Crippen LogP contribution in [0, 0.1) is 0 Å². The molecule has 3 rings (SSSR count). The third-order valence-electron chi connectivity index (χ3n) is 3.63. The average Bonchev–Trinajstić information content (AvgIpc) is 2.72. The molecule has 1 fully saturated rings. The van der Waals surface area contributed by atoms with Crippen molar-refractivity contribution >= 4 is 16.8 Å². The average molecular weight is 229 g/mol. The monoisotopic (exact) mass is 229 g/mol. The van der Waals surface area contributed by atoms with E-state index >= 15 is 0 Å². The highest BCUT2D eigenvalue weighted by Gasteiger charge is 2.26. The van der Waals surface area contributed by atoms with Crippen LogP contribution in [0.5, 0.6) is 0 Å². The predicted molar refractivity (Wildman–Crippen MR) is 65.8 cm³/mol. The van der Waals surface area contributed by atoms with Gasteiger partial charge in [0, 0.05) is 24.0 Å². The van der Waals surface area contributed by atoms with Crippen molar-refractivity contribution in [2.45, 2.75) is 25.3 Å². The summed E-state index contributed by atoms with van der Waals surface area (Å²) in [4.78, 5) is 14.1. The van der Waals surface area contributed by atoms with Gasteiger partial charge in [0.05, 0.1) is 11.7 Å². The van der Waals surface area contributed by atoms with Gasteiger partial charge < -0.3 is 4.90 Å². The molecule has 1 amide bonds. The first-order valence-corrected chi connectivity index (χ1v) is 5.96. The number of amides is 1. The second kappa shape index (κ2) is 3.87. The lowest BCUT2D eigenvalue weighted by molar-refractivity contribution is 0.0652. The van der Waals surface area contributed by atoms with E-state index < -0.39 is 0 Å². The molecule has 0 atom stereocenters. The topological polar surface area (TPSA) is 49.0 Å². The minimum Gasteiger partial charge on any atom is -0.339 e. The molecule has 1 saturated carbocycles. The fraction of sp³-hybridized carbons (Fsp3) is 0.385. The van der Waals surface area contributed by atoms with E-state index in [0.717, 1.165) is 29.3 Å². The largest absolute Gasteiger partial charge is 0.339 e. The van der Waals surface area contributed by atoms with Crippen molar-refractivity contribution in [2.24, 2.45) is 0 Å². The van der Waals surface area contributed by atoms with Crippen LogP contribution in [0.1, 0.15) is 29.6 Å². The lowest BCUT2D eigenvalue weighted by atomic mass is 9.91. The summed E-state index contributed by atoms with van der Waals surface area (Å²) in [5.41, 5.74) is 1.65. The van der Waals surface area contributed by atoms with Crippen LogP contribution in [-0.4, -0.2) is 34.1 Å². The Kier molecular flexibility index (Phi) is 2.35. The van der Waals surface area contributed by atoms with Gasteiger partial charge in [-0.2, -0.15) is 5.10 Å². The molecule has 0 aliphatic heterocycles.